The fourth-order valence-corrected chi connectivity index (χ4v) is 3.52. The van der Waals surface area contributed by atoms with Gasteiger partial charge in [0.25, 0.3) is 0 Å². The van der Waals surface area contributed by atoms with Crippen LogP contribution >= 0.6 is 11.3 Å². The standard InChI is InChI=1S/C17H29NOS/c1-17(2,3)18-11-15-9-10-16(20-15)13-19-12-14-7-5-4-6-8-14/h9-10,14,18H,4-8,11-13H2,1-3H3. The summed E-state index contributed by atoms with van der Waals surface area (Å²) < 4.78 is 5.91. The van der Waals surface area contributed by atoms with E-state index in [-0.39, 0.29) is 5.54 Å². The van der Waals surface area contributed by atoms with Crippen LogP contribution < -0.4 is 5.32 Å². The zero-order valence-electron chi connectivity index (χ0n) is 13.2. The number of hydrogen-bond donors (Lipinski definition) is 1. The summed E-state index contributed by atoms with van der Waals surface area (Å²) in [6.07, 6.45) is 6.95. The van der Waals surface area contributed by atoms with Crippen LogP contribution in [0.3, 0.4) is 0 Å². The van der Waals surface area contributed by atoms with E-state index in [4.69, 9.17) is 4.74 Å². The van der Waals surface area contributed by atoms with E-state index in [1.165, 1.54) is 41.9 Å². The predicted molar refractivity (Wildman–Crippen MR) is 87.1 cm³/mol. The van der Waals surface area contributed by atoms with E-state index < -0.39 is 0 Å². The zero-order valence-corrected chi connectivity index (χ0v) is 14.0. The molecule has 3 heteroatoms. The van der Waals surface area contributed by atoms with Gasteiger partial charge in [0.1, 0.15) is 0 Å². The molecule has 0 bridgehead atoms. The van der Waals surface area contributed by atoms with Crippen molar-refractivity contribution >= 4 is 11.3 Å². The van der Waals surface area contributed by atoms with E-state index in [9.17, 15) is 0 Å². The summed E-state index contributed by atoms with van der Waals surface area (Å²) in [6, 6.07) is 4.44. The van der Waals surface area contributed by atoms with Crippen LogP contribution in [0.25, 0.3) is 0 Å². The van der Waals surface area contributed by atoms with Gasteiger partial charge in [-0.2, -0.15) is 0 Å². The second kappa shape index (κ2) is 7.58. The first-order chi connectivity index (χ1) is 9.53. The molecule has 1 aromatic rings. The molecule has 1 saturated carbocycles. The Hall–Kier alpha value is -0.380. The van der Waals surface area contributed by atoms with E-state index >= 15 is 0 Å². The molecule has 2 nitrogen and oxygen atoms in total. The summed E-state index contributed by atoms with van der Waals surface area (Å²) in [5, 5.41) is 3.53. The maximum Gasteiger partial charge on any atom is 0.0809 e. The number of rotatable bonds is 6. The lowest BCUT2D eigenvalue weighted by molar-refractivity contribution is 0.0755. The lowest BCUT2D eigenvalue weighted by Crippen LogP contribution is -2.34. The number of hydrogen-bond acceptors (Lipinski definition) is 3. The predicted octanol–water partition coefficient (Wildman–Crippen LogP) is 4.73. The molecule has 1 heterocycles. The molecule has 2 rings (SSSR count). The molecule has 0 aromatic carbocycles. The quantitative estimate of drug-likeness (QED) is 0.819. The molecule has 0 amide bonds. The highest BCUT2D eigenvalue weighted by Crippen LogP contribution is 2.24. The molecular formula is C17H29NOS. The maximum absolute atomic E-state index is 5.91. The fourth-order valence-electron chi connectivity index (χ4n) is 2.63. The van der Waals surface area contributed by atoms with Crippen LogP contribution in [0.1, 0.15) is 62.6 Å². The summed E-state index contributed by atoms with van der Waals surface area (Å²) in [4.78, 5) is 2.75. The minimum absolute atomic E-state index is 0.182. The van der Waals surface area contributed by atoms with Gasteiger partial charge in [-0.05, 0) is 51.7 Å². The van der Waals surface area contributed by atoms with Gasteiger partial charge in [-0.15, -0.1) is 11.3 Å². The molecule has 1 fully saturated rings. The second-order valence-electron chi connectivity index (χ2n) is 6.99. The molecule has 0 aliphatic heterocycles. The third-order valence-corrected chi connectivity index (χ3v) is 4.89. The third kappa shape index (κ3) is 5.94. The van der Waals surface area contributed by atoms with Crippen LogP contribution in [-0.2, 0) is 17.9 Å². The Morgan fingerprint density at radius 2 is 1.85 bits per heavy atom. The van der Waals surface area contributed by atoms with Gasteiger partial charge in [0.2, 0.25) is 0 Å². The lowest BCUT2D eigenvalue weighted by Gasteiger charge is -2.21. The summed E-state index contributed by atoms with van der Waals surface area (Å²) in [7, 11) is 0. The third-order valence-electron chi connectivity index (χ3n) is 3.83. The molecule has 20 heavy (non-hydrogen) atoms. The van der Waals surface area contributed by atoms with E-state index in [0.717, 1.165) is 25.7 Å². The Kier molecular flexibility index (Phi) is 6.06. The van der Waals surface area contributed by atoms with Crippen molar-refractivity contribution in [2.75, 3.05) is 6.61 Å². The van der Waals surface area contributed by atoms with Crippen molar-refractivity contribution in [1.82, 2.24) is 5.32 Å². The van der Waals surface area contributed by atoms with Crippen LogP contribution in [0.2, 0.25) is 0 Å². The lowest BCUT2D eigenvalue weighted by atomic mass is 9.90. The summed E-state index contributed by atoms with van der Waals surface area (Å²) in [6.45, 7) is 9.30. The van der Waals surface area contributed by atoms with Crippen molar-refractivity contribution < 1.29 is 4.74 Å². The van der Waals surface area contributed by atoms with E-state index in [1.807, 2.05) is 11.3 Å². The minimum atomic E-state index is 0.182. The molecule has 1 aromatic heterocycles. The maximum atomic E-state index is 5.91. The van der Waals surface area contributed by atoms with Crippen molar-refractivity contribution in [3.63, 3.8) is 0 Å². The Balaban J connectivity index is 1.67. The molecule has 0 saturated heterocycles. The molecule has 0 unspecified atom stereocenters. The van der Waals surface area contributed by atoms with Crippen LogP contribution in [0.4, 0.5) is 0 Å². The summed E-state index contributed by atoms with van der Waals surface area (Å²) in [5.74, 6) is 0.811. The summed E-state index contributed by atoms with van der Waals surface area (Å²) >= 11 is 1.87. The first-order valence-corrected chi connectivity index (χ1v) is 8.75. The highest BCUT2D eigenvalue weighted by Gasteiger charge is 2.13. The zero-order chi connectivity index (χ0) is 14.4. The molecule has 0 spiro atoms. The number of ether oxygens (including phenoxy) is 1. The van der Waals surface area contributed by atoms with Crippen LogP contribution in [0.15, 0.2) is 12.1 Å². The average Bonchev–Trinajstić information content (AvgIpc) is 2.85. The van der Waals surface area contributed by atoms with Crippen LogP contribution in [0.5, 0.6) is 0 Å². The Bertz CT molecular complexity index is 388. The highest BCUT2D eigenvalue weighted by atomic mass is 32.1. The van der Waals surface area contributed by atoms with Gasteiger partial charge in [-0.3, -0.25) is 0 Å². The van der Waals surface area contributed by atoms with Gasteiger partial charge in [0.05, 0.1) is 6.61 Å². The minimum Gasteiger partial charge on any atom is -0.376 e. The van der Waals surface area contributed by atoms with Crippen molar-refractivity contribution in [3.05, 3.63) is 21.9 Å². The fraction of sp³-hybridized carbons (Fsp3) is 0.765. The van der Waals surface area contributed by atoms with Crippen molar-refractivity contribution in [1.29, 1.82) is 0 Å². The van der Waals surface area contributed by atoms with Crippen molar-refractivity contribution in [2.24, 2.45) is 5.92 Å². The van der Waals surface area contributed by atoms with Crippen molar-refractivity contribution in [2.45, 2.75) is 71.6 Å². The molecule has 1 aliphatic carbocycles. The smallest absolute Gasteiger partial charge is 0.0809 e. The summed E-state index contributed by atoms with van der Waals surface area (Å²) in [5.41, 5.74) is 0.182. The molecule has 114 valence electrons. The highest BCUT2D eigenvalue weighted by molar-refractivity contribution is 7.11. The second-order valence-corrected chi connectivity index (χ2v) is 8.24. The van der Waals surface area contributed by atoms with Crippen LogP contribution in [0, 0.1) is 5.92 Å². The first kappa shape index (κ1) is 16.0. The molecule has 1 N–H and O–H groups in total. The monoisotopic (exact) mass is 295 g/mol. The van der Waals surface area contributed by atoms with E-state index in [1.54, 1.807) is 0 Å². The Morgan fingerprint density at radius 3 is 2.55 bits per heavy atom. The topological polar surface area (TPSA) is 21.3 Å². The van der Waals surface area contributed by atoms with Gasteiger partial charge in [0, 0.05) is 28.4 Å². The molecule has 0 atom stereocenters. The van der Waals surface area contributed by atoms with Crippen molar-refractivity contribution in [3.8, 4) is 0 Å². The Labute approximate surface area is 127 Å². The normalized spacial score (nSPS) is 17.6. The van der Waals surface area contributed by atoms with E-state index in [0.29, 0.717) is 0 Å². The first-order valence-electron chi connectivity index (χ1n) is 7.93. The SMILES string of the molecule is CC(C)(C)NCc1ccc(COCC2CCCCC2)s1. The van der Waals surface area contributed by atoms with Gasteiger partial charge in [0.15, 0.2) is 0 Å². The van der Waals surface area contributed by atoms with Crippen LogP contribution in [-0.4, -0.2) is 12.1 Å². The molecule has 0 radical (unpaired) electrons. The van der Waals surface area contributed by atoms with Gasteiger partial charge in [-0.25, -0.2) is 0 Å². The number of nitrogens with one attached hydrogen (secondary N) is 1. The molecule has 1 aliphatic rings. The largest absolute Gasteiger partial charge is 0.376 e. The van der Waals surface area contributed by atoms with Gasteiger partial charge >= 0.3 is 0 Å². The molecular weight excluding hydrogens is 266 g/mol. The van der Waals surface area contributed by atoms with Gasteiger partial charge in [-0.1, -0.05) is 19.3 Å². The van der Waals surface area contributed by atoms with Gasteiger partial charge < -0.3 is 10.1 Å². The number of thiophene rings is 1. The average molecular weight is 295 g/mol. The Morgan fingerprint density at radius 1 is 1.15 bits per heavy atom. The van der Waals surface area contributed by atoms with E-state index in [2.05, 4.69) is 38.2 Å².